The zero-order valence-electron chi connectivity index (χ0n) is 28.6. The van der Waals surface area contributed by atoms with Crippen molar-refractivity contribution in [2.75, 3.05) is 20.7 Å². The average Bonchev–Trinajstić information content (AvgIpc) is 3.49. The van der Waals surface area contributed by atoms with Crippen LogP contribution in [0.25, 0.3) is 0 Å². The van der Waals surface area contributed by atoms with Crippen LogP contribution >= 0.6 is 0 Å². The molecule has 1 fully saturated rings. The van der Waals surface area contributed by atoms with Crippen LogP contribution in [0.4, 0.5) is 0 Å². The van der Waals surface area contributed by atoms with Crippen LogP contribution in [0.2, 0.25) is 0 Å². The largest absolute Gasteiger partial charge is 0.493 e. The number of ether oxygens (including phenoxy) is 5. The van der Waals surface area contributed by atoms with E-state index in [1.807, 2.05) is 19.2 Å². The van der Waals surface area contributed by atoms with Gasteiger partial charge in [-0.05, 0) is 56.3 Å². The number of carboxylic acids is 1. The van der Waals surface area contributed by atoms with Gasteiger partial charge >= 0.3 is 23.9 Å². The Bertz CT molecular complexity index is 1880. The fourth-order valence-corrected chi connectivity index (χ4v) is 7.74. The van der Waals surface area contributed by atoms with Crippen molar-refractivity contribution >= 4 is 23.9 Å². The van der Waals surface area contributed by atoms with Crippen LogP contribution in [0.3, 0.4) is 0 Å². The molecule has 0 saturated carbocycles. The molecule has 2 heterocycles. The van der Waals surface area contributed by atoms with Gasteiger partial charge in [0, 0.05) is 30.5 Å². The first kappa shape index (κ1) is 36.5. The summed E-state index contributed by atoms with van der Waals surface area (Å²) in [5.74, 6) is -2.94. The van der Waals surface area contributed by atoms with Gasteiger partial charge < -0.3 is 49.0 Å². The van der Waals surface area contributed by atoms with Crippen molar-refractivity contribution in [2.45, 2.75) is 67.7 Å². The van der Waals surface area contributed by atoms with Crippen molar-refractivity contribution in [1.82, 2.24) is 4.90 Å². The fourth-order valence-electron chi connectivity index (χ4n) is 7.74. The van der Waals surface area contributed by atoms with Crippen molar-refractivity contribution in [3.05, 3.63) is 101 Å². The van der Waals surface area contributed by atoms with Crippen molar-refractivity contribution in [3.63, 3.8) is 0 Å². The minimum Gasteiger partial charge on any atom is -0.493 e. The number of carbonyl (C=O) groups is 4. The third kappa shape index (κ3) is 6.27. The van der Waals surface area contributed by atoms with Gasteiger partial charge in [0.1, 0.15) is 11.5 Å². The van der Waals surface area contributed by atoms with Gasteiger partial charge in [-0.15, -0.1) is 0 Å². The highest BCUT2D eigenvalue weighted by Gasteiger charge is 2.72. The summed E-state index contributed by atoms with van der Waals surface area (Å²) in [6.07, 6.45) is -3.49. The number of carboxylic acid groups (broad SMARTS) is 1. The van der Waals surface area contributed by atoms with Crippen LogP contribution in [0.5, 0.6) is 17.2 Å². The highest BCUT2D eigenvalue weighted by atomic mass is 16.6. The van der Waals surface area contributed by atoms with E-state index in [1.54, 1.807) is 54.6 Å². The normalized spacial score (nSPS) is 25.3. The molecule has 2 aliphatic carbocycles. The van der Waals surface area contributed by atoms with E-state index >= 15 is 0 Å². The molecule has 4 aliphatic rings. The summed E-state index contributed by atoms with van der Waals surface area (Å²) >= 11 is 0. The van der Waals surface area contributed by atoms with Crippen LogP contribution < -0.4 is 14.2 Å². The van der Waals surface area contributed by atoms with Gasteiger partial charge in [-0.25, -0.2) is 14.4 Å². The summed E-state index contributed by atoms with van der Waals surface area (Å²) in [5.41, 5.74) is 0.263. The van der Waals surface area contributed by atoms with Gasteiger partial charge in [0.15, 0.2) is 29.8 Å². The molecule has 2 aliphatic heterocycles. The summed E-state index contributed by atoms with van der Waals surface area (Å²) in [4.78, 5) is 48.8. The molecule has 274 valence electrons. The molecule has 0 aromatic heterocycles. The van der Waals surface area contributed by atoms with Gasteiger partial charge in [0.2, 0.25) is 6.10 Å². The number of para-hydroxylation sites is 1. The van der Waals surface area contributed by atoms with Crippen LogP contribution in [0.1, 0.15) is 42.6 Å². The molecule has 3 aromatic rings. The minimum atomic E-state index is -2.20. The van der Waals surface area contributed by atoms with E-state index in [1.165, 1.54) is 26.2 Å². The van der Waals surface area contributed by atoms with Crippen molar-refractivity contribution in [1.29, 1.82) is 0 Å². The number of methoxy groups -OCH3 is 1. The number of piperidine rings is 1. The molecule has 0 radical (unpaired) electrons. The number of likely N-dealkylation sites (N-methyl/N-ethyl adjacent to an activating group) is 1. The maximum Gasteiger partial charge on any atom is 0.349 e. The van der Waals surface area contributed by atoms with E-state index in [2.05, 4.69) is 9.64 Å². The molecule has 3 aromatic carbocycles. The number of hydrogen-bond acceptors (Lipinski definition) is 13. The zero-order chi connectivity index (χ0) is 37.4. The highest BCUT2D eigenvalue weighted by Crippen LogP contribution is 2.65. The monoisotopic (exact) mass is 717 g/mol. The topological polar surface area (TPSA) is 199 Å². The van der Waals surface area contributed by atoms with E-state index in [0.29, 0.717) is 36.4 Å². The molecule has 1 saturated heterocycles. The molecule has 52 heavy (non-hydrogen) atoms. The second-order valence-corrected chi connectivity index (χ2v) is 13.1. The number of aliphatic carboxylic acids is 1. The maximum absolute atomic E-state index is 12.9. The second kappa shape index (κ2) is 14.4. The quantitative estimate of drug-likeness (QED) is 0.186. The van der Waals surface area contributed by atoms with Gasteiger partial charge in [0.05, 0.1) is 18.1 Å². The summed E-state index contributed by atoms with van der Waals surface area (Å²) in [6.45, 7) is 1.87. The van der Waals surface area contributed by atoms with E-state index in [-0.39, 0.29) is 24.0 Å². The summed E-state index contributed by atoms with van der Waals surface area (Å²) in [7, 11) is 3.53. The predicted octanol–water partition coefficient (Wildman–Crippen LogP) is 2.22. The Morgan fingerprint density at radius 3 is 2.17 bits per heavy atom. The molecular weight excluding hydrogens is 678 g/mol. The van der Waals surface area contributed by atoms with E-state index in [9.17, 15) is 34.5 Å². The zero-order valence-corrected chi connectivity index (χ0v) is 28.6. The lowest BCUT2D eigenvalue weighted by Crippen LogP contribution is -2.74. The van der Waals surface area contributed by atoms with Crippen molar-refractivity contribution in [2.24, 2.45) is 0 Å². The molecule has 7 atom stereocenters. The SMILES string of the molecule is CC(=O)O[C@H](C(=O)O)c1ccccc1.COc1ccc2c3c1O[C@H]1C(OC(=O)[C@H](O)[C@@H](O)C(=O)Oc4ccccc4)=CC[C@@]4(O)[C@@H](C2)N(C)CC[C@]314. The highest BCUT2D eigenvalue weighted by molar-refractivity contribution is 5.87. The molecule has 1 spiro atoms. The Morgan fingerprint density at radius 2 is 1.56 bits per heavy atom. The number of aliphatic hydroxyl groups excluding tert-OH is 2. The number of likely N-dealkylation sites (tertiary alicyclic amines) is 1. The van der Waals surface area contributed by atoms with Gasteiger partial charge in [-0.1, -0.05) is 54.6 Å². The smallest absolute Gasteiger partial charge is 0.349 e. The number of nitrogens with zero attached hydrogens (tertiary/aromatic N) is 1. The number of hydrogen-bond donors (Lipinski definition) is 4. The Labute approximate surface area is 298 Å². The summed E-state index contributed by atoms with van der Waals surface area (Å²) in [6, 6.07) is 20.0. The number of rotatable bonds is 9. The van der Waals surface area contributed by atoms with E-state index in [0.717, 1.165) is 11.1 Å². The molecule has 4 N–H and O–H groups in total. The van der Waals surface area contributed by atoms with E-state index < -0.39 is 59.3 Å². The number of esters is 3. The molecular formula is C38H39NO13. The van der Waals surface area contributed by atoms with Crippen LogP contribution in [-0.4, -0.2) is 99.9 Å². The van der Waals surface area contributed by atoms with E-state index in [4.69, 9.17) is 24.1 Å². The molecule has 14 heteroatoms. The molecule has 7 rings (SSSR count). The van der Waals surface area contributed by atoms with Crippen LogP contribution in [0.15, 0.2) is 84.6 Å². The Morgan fingerprint density at radius 1 is 0.923 bits per heavy atom. The molecule has 2 bridgehead atoms. The summed E-state index contributed by atoms with van der Waals surface area (Å²) in [5, 5.41) is 41.8. The minimum absolute atomic E-state index is 0.108. The second-order valence-electron chi connectivity index (χ2n) is 13.1. The summed E-state index contributed by atoms with van der Waals surface area (Å²) < 4.78 is 27.2. The number of carbonyl (C=O) groups excluding carboxylic acids is 3. The number of aliphatic hydroxyl groups is 3. The lowest BCUT2D eigenvalue weighted by molar-refractivity contribution is -0.177. The van der Waals surface area contributed by atoms with Gasteiger partial charge in [-0.3, -0.25) is 4.79 Å². The fraction of sp³-hybridized carbons (Fsp3) is 0.368. The average molecular weight is 718 g/mol. The van der Waals surface area contributed by atoms with Crippen LogP contribution in [-0.2, 0) is 40.5 Å². The Kier molecular flexibility index (Phi) is 10.1. The molecule has 14 nitrogen and oxygen atoms in total. The van der Waals surface area contributed by atoms with Gasteiger partial charge in [0.25, 0.3) is 0 Å². The Hall–Kier alpha value is -5.28. The third-order valence-corrected chi connectivity index (χ3v) is 10.1. The molecule has 0 amide bonds. The van der Waals surface area contributed by atoms with Crippen LogP contribution in [0, 0.1) is 0 Å². The first-order valence-electron chi connectivity index (χ1n) is 16.6. The van der Waals surface area contributed by atoms with Gasteiger partial charge in [-0.2, -0.15) is 0 Å². The lowest BCUT2D eigenvalue weighted by atomic mass is 9.50. The first-order chi connectivity index (χ1) is 24.8. The third-order valence-electron chi connectivity index (χ3n) is 10.1. The standard InChI is InChI=1S/C28H29NO9.C10H10O4/c1-29-13-12-27-20-15-8-9-17(35-2)23(20)38-24(27)18(10-11-28(27,34)19(29)14-15)37-26(33)22(31)21(30)25(32)36-16-6-4-3-5-7-16;1-7(11)14-9(10(12)13)8-5-3-2-4-6-8/h3-10,19,21-22,24,30-31,34H,11-14H2,1-2H3;2-6,9H,1H3,(H,12,13)/t19-,21-,22-,24+,27+,28-;9-/m10/s1. The first-order valence-corrected chi connectivity index (χ1v) is 16.6. The predicted molar refractivity (Wildman–Crippen MR) is 180 cm³/mol. The molecule has 0 unspecified atom stereocenters. The van der Waals surface area contributed by atoms with Crippen molar-refractivity contribution in [3.8, 4) is 17.2 Å². The maximum atomic E-state index is 12.9. The van der Waals surface area contributed by atoms with Crippen molar-refractivity contribution < 1.29 is 63.3 Å². The Balaban J connectivity index is 0.000000280. The lowest BCUT2D eigenvalue weighted by Gasteiger charge is -2.61. The number of benzene rings is 3.